The second-order valence-corrected chi connectivity index (χ2v) is 8.81. The topological polar surface area (TPSA) is 79.0 Å². The van der Waals surface area contributed by atoms with Crippen LogP contribution in [-0.4, -0.2) is 48.0 Å². The fourth-order valence-corrected chi connectivity index (χ4v) is 4.59. The zero-order valence-corrected chi connectivity index (χ0v) is 14.4. The van der Waals surface area contributed by atoms with Gasteiger partial charge in [0.15, 0.2) is 9.84 Å². The van der Waals surface area contributed by atoms with E-state index in [0.29, 0.717) is 6.54 Å². The van der Waals surface area contributed by atoms with Gasteiger partial charge in [-0.25, -0.2) is 18.4 Å². The largest absolute Gasteiger partial charge is 0.355 e. The first kappa shape index (κ1) is 15.4. The lowest BCUT2D eigenvalue weighted by molar-refractivity contribution is 0.577. The molecule has 126 valence electrons. The molecule has 1 aromatic carbocycles. The number of aromatic nitrogens is 3. The van der Waals surface area contributed by atoms with Gasteiger partial charge in [0.05, 0.1) is 10.6 Å². The fourth-order valence-electron chi connectivity index (χ4n) is 3.54. The summed E-state index contributed by atoms with van der Waals surface area (Å²) in [4.78, 5) is 14.3. The van der Waals surface area contributed by atoms with E-state index in [9.17, 15) is 8.42 Å². The van der Waals surface area contributed by atoms with Crippen LogP contribution in [0.4, 0.5) is 5.82 Å². The normalized spacial score (nSPS) is 19.7. The van der Waals surface area contributed by atoms with Crippen molar-refractivity contribution in [3.05, 3.63) is 30.6 Å². The van der Waals surface area contributed by atoms with Crippen molar-refractivity contribution in [1.29, 1.82) is 0 Å². The molecule has 0 spiro atoms. The molecular weight excluding hydrogens is 324 g/mol. The van der Waals surface area contributed by atoms with E-state index in [1.165, 1.54) is 6.26 Å². The molecule has 1 unspecified atom stereocenters. The summed E-state index contributed by atoms with van der Waals surface area (Å²) in [7, 11) is -3.07. The van der Waals surface area contributed by atoms with E-state index in [2.05, 4.69) is 19.9 Å². The van der Waals surface area contributed by atoms with Gasteiger partial charge >= 0.3 is 0 Å². The van der Waals surface area contributed by atoms with E-state index in [0.717, 1.165) is 53.6 Å². The first-order valence-corrected chi connectivity index (χ1v) is 10.1. The Balaban J connectivity index is 1.86. The van der Waals surface area contributed by atoms with Crippen LogP contribution in [0.25, 0.3) is 21.9 Å². The second kappa shape index (κ2) is 5.73. The molecule has 1 saturated heterocycles. The molecule has 7 heteroatoms. The third-order valence-corrected chi connectivity index (χ3v) is 6.41. The van der Waals surface area contributed by atoms with Gasteiger partial charge in [0, 0.05) is 30.2 Å². The zero-order chi connectivity index (χ0) is 16.7. The van der Waals surface area contributed by atoms with Gasteiger partial charge in [-0.05, 0) is 18.9 Å². The summed E-state index contributed by atoms with van der Waals surface area (Å²) < 4.78 is 24.2. The predicted octanol–water partition coefficient (Wildman–Crippen LogP) is 2.51. The minimum absolute atomic E-state index is 0.338. The number of para-hydroxylation sites is 1. The first-order valence-electron chi connectivity index (χ1n) is 8.19. The average molecular weight is 344 g/mol. The molecule has 1 aliphatic rings. The van der Waals surface area contributed by atoms with Crippen molar-refractivity contribution < 1.29 is 8.42 Å². The number of H-pyrrole nitrogens is 1. The summed E-state index contributed by atoms with van der Waals surface area (Å²) in [6.45, 7) is 1.31. The first-order chi connectivity index (χ1) is 11.5. The van der Waals surface area contributed by atoms with E-state index in [1.807, 2.05) is 24.3 Å². The molecule has 1 N–H and O–H groups in total. The molecule has 0 bridgehead atoms. The van der Waals surface area contributed by atoms with Crippen LogP contribution in [0, 0.1) is 0 Å². The smallest absolute Gasteiger partial charge is 0.152 e. The number of rotatable bonds is 2. The number of nitrogens with one attached hydrogen (secondary N) is 1. The average Bonchev–Trinajstić information content (AvgIpc) is 2.75. The molecular formula is C17H20N4O2S. The summed E-state index contributed by atoms with van der Waals surface area (Å²) in [5, 5.41) is 1.71. The third kappa shape index (κ3) is 2.62. The molecule has 1 atom stereocenters. The minimum Gasteiger partial charge on any atom is -0.355 e. The Kier molecular flexibility index (Phi) is 3.68. The number of aromatic amines is 1. The molecule has 3 heterocycles. The highest BCUT2D eigenvalue weighted by Gasteiger charge is 2.28. The van der Waals surface area contributed by atoms with Crippen molar-refractivity contribution in [2.24, 2.45) is 0 Å². The number of nitrogens with zero attached hydrogens (tertiary/aromatic N) is 3. The van der Waals surface area contributed by atoms with Crippen LogP contribution >= 0.6 is 0 Å². The Morgan fingerprint density at radius 2 is 2.04 bits per heavy atom. The quantitative estimate of drug-likeness (QED) is 0.773. The van der Waals surface area contributed by atoms with Crippen LogP contribution in [0.3, 0.4) is 0 Å². The van der Waals surface area contributed by atoms with Crippen LogP contribution in [0.2, 0.25) is 0 Å². The summed E-state index contributed by atoms with van der Waals surface area (Å²) in [5.41, 5.74) is 1.81. The standard InChI is InChI=1S/C17H20N4O2S/c1-24(22,23)12-6-4-5-9-21(10-12)17-15-13-7-2-3-8-14(13)20-16(15)18-11-19-17/h2-3,7-8,11-12H,4-6,9-10H2,1H3,(H,18,19,20). The number of hydrogen-bond donors (Lipinski definition) is 1. The van der Waals surface area contributed by atoms with Crippen LogP contribution in [0.1, 0.15) is 19.3 Å². The van der Waals surface area contributed by atoms with Crippen molar-refractivity contribution in [3.63, 3.8) is 0 Å². The van der Waals surface area contributed by atoms with E-state index < -0.39 is 9.84 Å². The molecule has 6 nitrogen and oxygen atoms in total. The molecule has 0 aliphatic carbocycles. The monoisotopic (exact) mass is 344 g/mol. The maximum absolute atomic E-state index is 12.1. The predicted molar refractivity (Wildman–Crippen MR) is 96.1 cm³/mol. The zero-order valence-electron chi connectivity index (χ0n) is 13.6. The molecule has 1 aliphatic heterocycles. The van der Waals surface area contributed by atoms with Crippen LogP contribution in [-0.2, 0) is 9.84 Å². The van der Waals surface area contributed by atoms with Gasteiger partial charge < -0.3 is 9.88 Å². The highest BCUT2D eigenvalue weighted by atomic mass is 32.2. The van der Waals surface area contributed by atoms with Crippen molar-refractivity contribution in [2.75, 3.05) is 24.2 Å². The molecule has 0 saturated carbocycles. The van der Waals surface area contributed by atoms with Crippen molar-refractivity contribution >= 4 is 37.6 Å². The van der Waals surface area contributed by atoms with E-state index in [1.54, 1.807) is 6.33 Å². The van der Waals surface area contributed by atoms with E-state index in [4.69, 9.17) is 0 Å². The summed E-state index contributed by atoms with van der Waals surface area (Å²) in [6.07, 6.45) is 5.50. The highest BCUT2D eigenvalue weighted by Crippen LogP contribution is 2.32. The SMILES string of the molecule is CS(=O)(=O)C1CCCCN(c2ncnc3[nH]c4ccccc4c23)C1. The Morgan fingerprint density at radius 3 is 2.88 bits per heavy atom. The lowest BCUT2D eigenvalue weighted by Crippen LogP contribution is -2.35. The van der Waals surface area contributed by atoms with Crippen molar-refractivity contribution in [1.82, 2.24) is 15.0 Å². The lowest BCUT2D eigenvalue weighted by Gasteiger charge is -2.25. The molecule has 1 fully saturated rings. The van der Waals surface area contributed by atoms with Gasteiger partial charge in [-0.2, -0.15) is 0 Å². The van der Waals surface area contributed by atoms with E-state index >= 15 is 0 Å². The Labute approximate surface area is 140 Å². The van der Waals surface area contributed by atoms with Crippen LogP contribution in [0.15, 0.2) is 30.6 Å². The van der Waals surface area contributed by atoms with E-state index in [-0.39, 0.29) is 5.25 Å². The molecule has 4 rings (SSSR count). The van der Waals surface area contributed by atoms with Crippen LogP contribution in [0.5, 0.6) is 0 Å². The van der Waals surface area contributed by atoms with Gasteiger partial charge in [0.2, 0.25) is 0 Å². The Hall–Kier alpha value is -2.15. The van der Waals surface area contributed by atoms with Crippen molar-refractivity contribution in [2.45, 2.75) is 24.5 Å². The van der Waals surface area contributed by atoms with Gasteiger partial charge in [-0.3, -0.25) is 0 Å². The van der Waals surface area contributed by atoms with Gasteiger partial charge in [-0.15, -0.1) is 0 Å². The Morgan fingerprint density at radius 1 is 1.21 bits per heavy atom. The lowest BCUT2D eigenvalue weighted by atomic mass is 10.2. The molecule has 24 heavy (non-hydrogen) atoms. The molecule has 3 aromatic rings. The third-order valence-electron chi connectivity index (χ3n) is 4.81. The summed E-state index contributed by atoms with van der Waals surface area (Å²) in [5.74, 6) is 0.827. The molecule has 0 radical (unpaired) electrons. The van der Waals surface area contributed by atoms with Gasteiger partial charge in [-0.1, -0.05) is 24.6 Å². The second-order valence-electron chi connectivity index (χ2n) is 6.48. The number of hydrogen-bond acceptors (Lipinski definition) is 5. The maximum Gasteiger partial charge on any atom is 0.152 e. The number of anilines is 1. The van der Waals surface area contributed by atoms with Gasteiger partial charge in [0.25, 0.3) is 0 Å². The molecule has 2 aromatic heterocycles. The number of sulfone groups is 1. The maximum atomic E-state index is 12.1. The Bertz CT molecular complexity index is 996. The molecule has 0 amide bonds. The number of fused-ring (bicyclic) bond motifs is 3. The summed E-state index contributed by atoms with van der Waals surface area (Å²) in [6, 6.07) is 8.04. The highest BCUT2D eigenvalue weighted by molar-refractivity contribution is 7.91. The fraction of sp³-hybridized carbons (Fsp3) is 0.412. The summed E-state index contributed by atoms with van der Waals surface area (Å²) >= 11 is 0. The minimum atomic E-state index is -3.07. The number of benzene rings is 1. The van der Waals surface area contributed by atoms with Gasteiger partial charge in [0.1, 0.15) is 17.8 Å². The van der Waals surface area contributed by atoms with Crippen molar-refractivity contribution in [3.8, 4) is 0 Å². The van der Waals surface area contributed by atoms with Crippen LogP contribution < -0.4 is 4.90 Å².